The number of hydrogen-bond donors (Lipinski definition) is 3. The standard InChI is InChI=1S/C15H29NO3S.Na/c1-2-3-4-5-6-7-8-9-10-11-13(17)15(16,12-20)14(18)19;/h20H,2-12,16H2,1H3,(H,18,19);/q;+1. The van der Waals surface area contributed by atoms with Crippen LogP contribution in [-0.2, 0) is 9.59 Å². The molecule has 0 spiro atoms. The van der Waals surface area contributed by atoms with Crippen molar-refractivity contribution < 1.29 is 44.3 Å². The Morgan fingerprint density at radius 3 is 1.81 bits per heavy atom. The molecule has 0 saturated heterocycles. The molecule has 4 nitrogen and oxygen atoms in total. The van der Waals surface area contributed by atoms with Gasteiger partial charge in [0.15, 0.2) is 11.3 Å². The Morgan fingerprint density at radius 2 is 1.43 bits per heavy atom. The molecule has 0 aromatic rings. The fourth-order valence-electron chi connectivity index (χ4n) is 2.09. The van der Waals surface area contributed by atoms with E-state index in [-0.39, 0.29) is 41.7 Å². The molecule has 6 heteroatoms. The zero-order chi connectivity index (χ0) is 15.4. The summed E-state index contributed by atoms with van der Waals surface area (Å²) in [6.07, 6.45) is 10.6. The molecule has 0 fully saturated rings. The smallest absolute Gasteiger partial charge is 0.480 e. The molecule has 21 heavy (non-hydrogen) atoms. The van der Waals surface area contributed by atoms with E-state index in [9.17, 15) is 9.59 Å². The number of ketones is 1. The van der Waals surface area contributed by atoms with Gasteiger partial charge in [0.05, 0.1) is 0 Å². The van der Waals surface area contributed by atoms with E-state index in [1.54, 1.807) is 0 Å². The monoisotopic (exact) mass is 326 g/mol. The van der Waals surface area contributed by atoms with Crippen molar-refractivity contribution in [3.05, 3.63) is 0 Å². The molecule has 0 aliphatic carbocycles. The maximum atomic E-state index is 11.8. The van der Waals surface area contributed by atoms with E-state index in [1.165, 1.54) is 38.5 Å². The summed E-state index contributed by atoms with van der Waals surface area (Å²) in [5.74, 6) is -1.85. The van der Waals surface area contributed by atoms with Gasteiger partial charge in [0.2, 0.25) is 0 Å². The topological polar surface area (TPSA) is 80.4 Å². The average Bonchev–Trinajstić information content (AvgIpc) is 2.44. The van der Waals surface area contributed by atoms with Crippen LogP contribution in [0.2, 0.25) is 0 Å². The first kappa shape index (κ1) is 23.7. The first-order valence-electron chi connectivity index (χ1n) is 7.65. The minimum absolute atomic E-state index is 0. The second-order valence-electron chi connectivity index (χ2n) is 5.44. The molecule has 0 rings (SSSR count). The molecule has 0 amide bonds. The molecule has 0 aromatic carbocycles. The van der Waals surface area contributed by atoms with E-state index in [0.717, 1.165) is 12.8 Å². The number of Topliss-reactive ketones (excluding diaryl/α,β-unsaturated/α-hetero) is 1. The van der Waals surface area contributed by atoms with E-state index in [2.05, 4.69) is 19.6 Å². The normalized spacial score (nSPS) is 13.3. The van der Waals surface area contributed by atoms with Crippen LogP contribution in [0.4, 0.5) is 0 Å². The van der Waals surface area contributed by atoms with Crippen LogP contribution in [0.1, 0.15) is 71.1 Å². The number of hydrogen-bond acceptors (Lipinski definition) is 4. The Kier molecular flexibility index (Phi) is 15.9. The third-order valence-electron chi connectivity index (χ3n) is 3.64. The van der Waals surface area contributed by atoms with Gasteiger partial charge in [-0.2, -0.15) is 12.6 Å². The number of unbranched alkanes of at least 4 members (excludes halogenated alkanes) is 8. The maximum absolute atomic E-state index is 11.8. The van der Waals surface area contributed by atoms with Crippen molar-refractivity contribution >= 4 is 24.4 Å². The van der Waals surface area contributed by atoms with Gasteiger partial charge in [0.1, 0.15) is 0 Å². The van der Waals surface area contributed by atoms with Crippen LogP contribution < -0.4 is 35.3 Å². The van der Waals surface area contributed by atoms with Gasteiger partial charge in [0.25, 0.3) is 0 Å². The van der Waals surface area contributed by atoms with Crippen LogP contribution in [0, 0.1) is 0 Å². The van der Waals surface area contributed by atoms with Crippen LogP contribution in [0.15, 0.2) is 0 Å². The minimum atomic E-state index is -1.82. The number of aliphatic carboxylic acids is 1. The summed E-state index contributed by atoms with van der Waals surface area (Å²) in [5.41, 5.74) is 3.75. The third kappa shape index (κ3) is 9.95. The van der Waals surface area contributed by atoms with Gasteiger partial charge >= 0.3 is 35.5 Å². The average molecular weight is 326 g/mol. The molecule has 0 radical (unpaired) electrons. The Hall–Kier alpha value is 0.450. The van der Waals surface area contributed by atoms with Crippen molar-refractivity contribution in [3.63, 3.8) is 0 Å². The van der Waals surface area contributed by atoms with Gasteiger partial charge in [-0.15, -0.1) is 0 Å². The van der Waals surface area contributed by atoms with Crippen molar-refractivity contribution in [1.29, 1.82) is 0 Å². The predicted molar refractivity (Wildman–Crippen MR) is 85.3 cm³/mol. The Labute approximate surface area is 156 Å². The SMILES string of the molecule is CCCCCCCCCCCC(=O)C(N)(CS)C(=O)O.[Na+]. The molecule has 0 aliphatic heterocycles. The van der Waals surface area contributed by atoms with Crippen molar-refractivity contribution in [2.75, 3.05) is 5.75 Å². The van der Waals surface area contributed by atoms with Crippen molar-refractivity contribution in [3.8, 4) is 0 Å². The number of thiol groups is 1. The number of carboxylic acids is 1. The fraction of sp³-hybridized carbons (Fsp3) is 0.867. The molecular formula is C15H29NNaO3S+. The number of carbonyl (C=O) groups is 2. The molecule has 0 bridgehead atoms. The molecule has 0 heterocycles. The second-order valence-corrected chi connectivity index (χ2v) is 5.75. The number of carbonyl (C=O) groups excluding carboxylic acids is 1. The van der Waals surface area contributed by atoms with E-state index in [4.69, 9.17) is 10.8 Å². The summed E-state index contributed by atoms with van der Waals surface area (Å²) >= 11 is 3.87. The third-order valence-corrected chi connectivity index (χ3v) is 4.13. The Balaban J connectivity index is 0. The Bertz CT molecular complexity index is 303. The summed E-state index contributed by atoms with van der Waals surface area (Å²) in [6, 6.07) is 0. The van der Waals surface area contributed by atoms with Crippen molar-refractivity contribution in [1.82, 2.24) is 0 Å². The molecule has 0 saturated carbocycles. The van der Waals surface area contributed by atoms with Gasteiger partial charge in [-0.25, -0.2) is 4.79 Å². The maximum Gasteiger partial charge on any atom is 1.00 e. The van der Waals surface area contributed by atoms with Crippen molar-refractivity contribution in [2.24, 2.45) is 5.73 Å². The zero-order valence-electron chi connectivity index (χ0n) is 13.6. The number of rotatable bonds is 13. The van der Waals surface area contributed by atoms with Gasteiger partial charge in [-0.3, -0.25) is 4.79 Å². The van der Waals surface area contributed by atoms with Crippen LogP contribution in [0.25, 0.3) is 0 Å². The molecule has 0 aromatic heterocycles. The summed E-state index contributed by atoms with van der Waals surface area (Å²) in [7, 11) is 0. The van der Waals surface area contributed by atoms with E-state index in [1.807, 2.05) is 0 Å². The molecule has 0 aliphatic rings. The molecule has 1 unspecified atom stereocenters. The molecule has 118 valence electrons. The number of nitrogens with two attached hydrogens (primary N) is 1. The van der Waals surface area contributed by atoms with E-state index >= 15 is 0 Å². The van der Waals surface area contributed by atoms with Crippen LogP contribution >= 0.6 is 12.6 Å². The van der Waals surface area contributed by atoms with Gasteiger partial charge in [-0.05, 0) is 6.42 Å². The summed E-state index contributed by atoms with van der Waals surface area (Å²) < 4.78 is 0. The molecular weight excluding hydrogens is 297 g/mol. The van der Waals surface area contributed by atoms with Crippen LogP contribution in [0.5, 0.6) is 0 Å². The Morgan fingerprint density at radius 1 is 1.00 bits per heavy atom. The first-order chi connectivity index (χ1) is 9.49. The van der Waals surface area contributed by atoms with Gasteiger partial charge in [-0.1, -0.05) is 58.3 Å². The van der Waals surface area contributed by atoms with Gasteiger partial charge in [0, 0.05) is 12.2 Å². The fourth-order valence-corrected chi connectivity index (χ4v) is 2.41. The van der Waals surface area contributed by atoms with Crippen LogP contribution in [-0.4, -0.2) is 28.2 Å². The zero-order valence-corrected chi connectivity index (χ0v) is 16.5. The largest absolute Gasteiger partial charge is 1.00 e. The summed E-state index contributed by atoms with van der Waals surface area (Å²) in [4.78, 5) is 22.7. The van der Waals surface area contributed by atoms with Crippen LogP contribution in [0.3, 0.4) is 0 Å². The van der Waals surface area contributed by atoms with E-state index < -0.39 is 17.3 Å². The summed E-state index contributed by atoms with van der Waals surface area (Å²) in [6.45, 7) is 2.20. The second kappa shape index (κ2) is 14.1. The summed E-state index contributed by atoms with van der Waals surface area (Å²) in [5, 5.41) is 8.95. The van der Waals surface area contributed by atoms with Gasteiger partial charge < -0.3 is 10.8 Å². The number of carboxylic acid groups (broad SMARTS) is 1. The van der Waals surface area contributed by atoms with Crippen molar-refractivity contribution in [2.45, 2.75) is 76.7 Å². The first-order valence-corrected chi connectivity index (χ1v) is 8.28. The molecule has 3 N–H and O–H groups in total. The quantitative estimate of drug-likeness (QED) is 0.195. The molecule has 1 atom stereocenters. The van der Waals surface area contributed by atoms with E-state index in [0.29, 0.717) is 6.42 Å². The minimum Gasteiger partial charge on any atom is -0.480 e. The predicted octanol–water partition coefficient (Wildman–Crippen LogP) is 0.192.